The predicted molar refractivity (Wildman–Crippen MR) is 150 cm³/mol. The van der Waals surface area contributed by atoms with E-state index in [2.05, 4.69) is 25.8 Å². The number of hydrogen-bond acceptors (Lipinski definition) is 7. The van der Waals surface area contributed by atoms with Crippen molar-refractivity contribution in [1.82, 2.24) is 30.3 Å². The van der Waals surface area contributed by atoms with Crippen LogP contribution < -0.4 is 16.0 Å². The molecule has 210 valence electrons. The van der Waals surface area contributed by atoms with E-state index < -0.39 is 5.54 Å². The summed E-state index contributed by atoms with van der Waals surface area (Å²) in [6.07, 6.45) is 3.02. The molecule has 1 spiro atoms. The quantitative estimate of drug-likeness (QED) is 0.498. The van der Waals surface area contributed by atoms with Crippen LogP contribution >= 0.6 is 11.3 Å². The van der Waals surface area contributed by atoms with Gasteiger partial charge in [0.1, 0.15) is 15.4 Å². The maximum absolute atomic E-state index is 13.9. The van der Waals surface area contributed by atoms with E-state index in [1.807, 2.05) is 38.7 Å². The molecule has 2 aromatic heterocycles. The summed E-state index contributed by atoms with van der Waals surface area (Å²) in [4.78, 5) is 62.7. The summed E-state index contributed by atoms with van der Waals surface area (Å²) < 4.78 is 0. The molecule has 0 aromatic carbocycles. The topological polar surface area (TPSA) is 127 Å². The highest BCUT2D eigenvalue weighted by molar-refractivity contribution is 7.23. The molecule has 3 fully saturated rings. The van der Waals surface area contributed by atoms with Crippen LogP contribution in [0.4, 0.5) is 14.6 Å². The molecule has 0 saturated carbocycles. The summed E-state index contributed by atoms with van der Waals surface area (Å²) in [6.45, 7) is 10.1. The SMILES string of the molecule is CNC(=O)Nc1sc2nc(C)cc(C)c2c1C(=O)N1CCC(N2CCCC3(C2)NC(=O)N(C(C)C)C3=O)CC1. The average molecular weight is 556 g/mol. The second-order valence-corrected chi connectivity index (χ2v) is 12.1. The van der Waals surface area contributed by atoms with Crippen LogP contribution in [0.1, 0.15) is 61.1 Å². The van der Waals surface area contributed by atoms with Crippen LogP contribution in [-0.4, -0.2) is 94.4 Å². The number of anilines is 1. The van der Waals surface area contributed by atoms with Gasteiger partial charge < -0.3 is 15.5 Å². The van der Waals surface area contributed by atoms with Gasteiger partial charge in [0, 0.05) is 49.8 Å². The van der Waals surface area contributed by atoms with E-state index in [-0.39, 0.29) is 36.0 Å². The Kier molecular flexibility index (Phi) is 7.27. The van der Waals surface area contributed by atoms with E-state index in [9.17, 15) is 19.2 Å². The zero-order valence-electron chi connectivity index (χ0n) is 23.2. The lowest BCUT2D eigenvalue weighted by Crippen LogP contribution is -2.61. The van der Waals surface area contributed by atoms with E-state index in [4.69, 9.17) is 0 Å². The highest BCUT2D eigenvalue weighted by atomic mass is 32.1. The average Bonchev–Trinajstić information content (AvgIpc) is 3.36. The van der Waals surface area contributed by atoms with Crippen molar-refractivity contribution in [3.8, 4) is 0 Å². The number of nitrogens with one attached hydrogen (secondary N) is 3. The number of piperidine rings is 2. The molecule has 2 aromatic rings. The van der Waals surface area contributed by atoms with Crippen molar-refractivity contribution in [1.29, 1.82) is 0 Å². The Balaban J connectivity index is 1.32. The van der Waals surface area contributed by atoms with Crippen molar-refractivity contribution in [2.75, 3.05) is 38.5 Å². The zero-order chi connectivity index (χ0) is 28.1. The van der Waals surface area contributed by atoms with Gasteiger partial charge in [-0.1, -0.05) is 11.3 Å². The third-order valence-electron chi connectivity index (χ3n) is 8.15. The minimum Gasteiger partial charge on any atom is -0.341 e. The van der Waals surface area contributed by atoms with E-state index >= 15 is 0 Å². The summed E-state index contributed by atoms with van der Waals surface area (Å²) >= 11 is 1.32. The van der Waals surface area contributed by atoms with E-state index in [0.29, 0.717) is 36.6 Å². The van der Waals surface area contributed by atoms with Crippen molar-refractivity contribution in [3.63, 3.8) is 0 Å². The van der Waals surface area contributed by atoms with Gasteiger partial charge in [-0.3, -0.25) is 24.7 Å². The molecular weight excluding hydrogens is 518 g/mol. The van der Waals surface area contributed by atoms with E-state index in [0.717, 1.165) is 47.3 Å². The Morgan fingerprint density at radius 3 is 2.54 bits per heavy atom. The summed E-state index contributed by atoms with van der Waals surface area (Å²) in [7, 11) is 1.54. The van der Waals surface area contributed by atoms with Crippen LogP contribution in [0.25, 0.3) is 10.2 Å². The summed E-state index contributed by atoms with van der Waals surface area (Å²) in [6, 6.07) is 1.31. The number of hydrogen-bond donors (Lipinski definition) is 3. The second kappa shape index (κ2) is 10.4. The van der Waals surface area contributed by atoms with Crippen molar-refractivity contribution in [2.45, 2.75) is 71.0 Å². The summed E-state index contributed by atoms with van der Waals surface area (Å²) in [5.74, 6) is -0.236. The number of rotatable bonds is 4. The zero-order valence-corrected chi connectivity index (χ0v) is 24.0. The smallest absolute Gasteiger partial charge is 0.325 e. The van der Waals surface area contributed by atoms with Crippen molar-refractivity contribution in [3.05, 3.63) is 22.9 Å². The van der Waals surface area contributed by atoms with E-state index in [1.54, 1.807) is 0 Å². The molecule has 3 N–H and O–H groups in total. The maximum atomic E-state index is 13.9. The number of fused-ring (bicyclic) bond motifs is 1. The molecule has 39 heavy (non-hydrogen) atoms. The Hall–Kier alpha value is -3.25. The number of carbonyl (C=O) groups excluding carboxylic acids is 4. The number of nitrogens with zero attached hydrogens (tertiary/aromatic N) is 4. The lowest BCUT2D eigenvalue weighted by molar-refractivity contribution is -0.134. The molecule has 0 aliphatic carbocycles. The summed E-state index contributed by atoms with van der Waals surface area (Å²) in [5, 5.41) is 9.68. The molecule has 12 heteroatoms. The highest BCUT2D eigenvalue weighted by Crippen LogP contribution is 2.39. The minimum atomic E-state index is -0.856. The van der Waals surface area contributed by atoms with Crippen molar-refractivity contribution >= 4 is 50.4 Å². The lowest BCUT2D eigenvalue weighted by atomic mass is 9.86. The normalized spacial score (nSPS) is 22.7. The fraction of sp³-hybridized carbons (Fsp3) is 0.593. The second-order valence-electron chi connectivity index (χ2n) is 11.1. The van der Waals surface area contributed by atoms with Gasteiger partial charge in [0.25, 0.3) is 11.8 Å². The van der Waals surface area contributed by atoms with Gasteiger partial charge in [-0.05, 0) is 71.6 Å². The van der Waals surface area contributed by atoms with Gasteiger partial charge in [-0.25, -0.2) is 14.6 Å². The maximum Gasteiger partial charge on any atom is 0.325 e. The fourth-order valence-electron chi connectivity index (χ4n) is 6.28. The third kappa shape index (κ3) is 4.84. The number of aromatic nitrogens is 1. The van der Waals surface area contributed by atoms with Gasteiger partial charge in [0.2, 0.25) is 0 Å². The van der Waals surface area contributed by atoms with Crippen LogP contribution in [0.3, 0.4) is 0 Å². The molecule has 5 heterocycles. The molecular formula is C27H37N7O4S. The van der Waals surface area contributed by atoms with Gasteiger partial charge in [0.05, 0.1) is 5.56 Å². The van der Waals surface area contributed by atoms with Gasteiger partial charge in [-0.15, -0.1) is 0 Å². The number of pyridine rings is 1. The Morgan fingerprint density at radius 2 is 1.90 bits per heavy atom. The number of amides is 6. The Bertz CT molecular complexity index is 1330. The monoisotopic (exact) mass is 555 g/mol. The fourth-order valence-corrected chi connectivity index (χ4v) is 7.46. The van der Waals surface area contributed by atoms with Crippen LogP contribution in [0.15, 0.2) is 6.07 Å². The molecule has 0 bridgehead atoms. The first-order chi connectivity index (χ1) is 18.5. The van der Waals surface area contributed by atoms with Crippen molar-refractivity contribution in [2.24, 2.45) is 0 Å². The van der Waals surface area contributed by atoms with Gasteiger partial charge in [-0.2, -0.15) is 0 Å². The Labute approximate surface area is 232 Å². The molecule has 0 radical (unpaired) electrons. The summed E-state index contributed by atoms with van der Waals surface area (Å²) in [5.41, 5.74) is 1.45. The van der Waals surface area contributed by atoms with Crippen LogP contribution in [0.2, 0.25) is 0 Å². The first kappa shape index (κ1) is 27.3. The molecule has 1 atom stereocenters. The Morgan fingerprint density at radius 1 is 1.18 bits per heavy atom. The van der Waals surface area contributed by atoms with Crippen LogP contribution in [-0.2, 0) is 4.79 Å². The largest absolute Gasteiger partial charge is 0.341 e. The molecule has 3 saturated heterocycles. The third-order valence-corrected chi connectivity index (χ3v) is 9.15. The number of urea groups is 2. The van der Waals surface area contributed by atoms with Gasteiger partial charge in [0.15, 0.2) is 0 Å². The lowest BCUT2D eigenvalue weighted by Gasteiger charge is -2.45. The number of thiophene rings is 1. The number of carbonyl (C=O) groups is 4. The first-order valence-corrected chi connectivity index (χ1v) is 14.4. The number of aryl methyl sites for hydroxylation is 2. The van der Waals surface area contributed by atoms with Crippen LogP contribution in [0, 0.1) is 13.8 Å². The molecule has 11 nitrogen and oxygen atoms in total. The van der Waals surface area contributed by atoms with Crippen molar-refractivity contribution < 1.29 is 19.2 Å². The highest BCUT2D eigenvalue weighted by Gasteiger charge is 2.54. The van der Waals surface area contributed by atoms with Crippen LogP contribution in [0.5, 0.6) is 0 Å². The number of imide groups is 1. The van der Waals surface area contributed by atoms with Gasteiger partial charge >= 0.3 is 12.1 Å². The molecule has 3 aliphatic rings. The first-order valence-electron chi connectivity index (χ1n) is 13.6. The molecule has 5 rings (SSSR count). The molecule has 1 unspecified atom stereocenters. The number of likely N-dealkylation sites (tertiary alicyclic amines) is 2. The minimum absolute atomic E-state index is 0.110. The molecule has 3 aliphatic heterocycles. The standard InChI is InChI=1S/C27H37N7O4S/c1-15(2)34-24(36)27(31-26(34)38)9-6-10-33(14-27)18-7-11-32(12-8-18)23(35)20-19-16(3)13-17(4)29-21(19)39-22(20)30-25(37)28-5/h13,15,18H,6-12,14H2,1-5H3,(H,31,38)(H2,28,30,37). The predicted octanol–water partition coefficient (Wildman–Crippen LogP) is 3.06. The molecule has 6 amide bonds. The van der Waals surface area contributed by atoms with E-state index in [1.165, 1.54) is 23.3 Å².